The Morgan fingerprint density at radius 2 is 1.94 bits per heavy atom. The van der Waals surface area contributed by atoms with Gasteiger partial charge in [-0.15, -0.1) is 0 Å². The molecule has 5 heteroatoms. The number of aryl methyl sites for hydroxylation is 1. The fourth-order valence-corrected chi connectivity index (χ4v) is 1.39. The highest BCUT2D eigenvalue weighted by Crippen LogP contribution is 2.32. The second-order valence-electron chi connectivity index (χ2n) is 3.19. The van der Waals surface area contributed by atoms with E-state index in [1.54, 1.807) is 6.07 Å². The highest BCUT2D eigenvalue weighted by atomic mass is 19.4. The minimum absolute atomic E-state index is 0.0791. The first-order chi connectivity index (χ1) is 7.55. The SMILES string of the molecule is O=[C]OCCCc1ccccc1C(F)(F)F. The lowest BCUT2D eigenvalue weighted by Gasteiger charge is -2.11. The molecule has 0 saturated heterocycles. The van der Waals surface area contributed by atoms with Gasteiger partial charge in [0.15, 0.2) is 0 Å². The van der Waals surface area contributed by atoms with Gasteiger partial charge in [0.2, 0.25) is 0 Å². The highest BCUT2D eigenvalue weighted by Gasteiger charge is 2.32. The predicted octanol–water partition coefficient (Wildman–Crippen LogP) is 2.72. The zero-order valence-corrected chi connectivity index (χ0v) is 8.38. The van der Waals surface area contributed by atoms with Gasteiger partial charge in [-0.3, -0.25) is 0 Å². The number of alkyl halides is 3. The molecule has 1 aromatic rings. The van der Waals surface area contributed by atoms with Gasteiger partial charge < -0.3 is 4.74 Å². The van der Waals surface area contributed by atoms with Gasteiger partial charge in [-0.2, -0.15) is 13.2 Å². The van der Waals surface area contributed by atoms with Crippen LogP contribution in [0.4, 0.5) is 13.2 Å². The molecule has 87 valence electrons. The number of rotatable bonds is 5. The average Bonchev–Trinajstić information content (AvgIpc) is 2.24. The lowest BCUT2D eigenvalue weighted by molar-refractivity contribution is -0.138. The van der Waals surface area contributed by atoms with Crippen LogP contribution in [0.15, 0.2) is 24.3 Å². The van der Waals surface area contributed by atoms with E-state index < -0.39 is 11.7 Å². The van der Waals surface area contributed by atoms with Crippen LogP contribution in [0.5, 0.6) is 0 Å². The summed E-state index contributed by atoms with van der Waals surface area (Å²) < 4.78 is 41.9. The molecule has 2 nitrogen and oxygen atoms in total. The van der Waals surface area contributed by atoms with Crippen molar-refractivity contribution in [1.29, 1.82) is 0 Å². The lowest BCUT2D eigenvalue weighted by atomic mass is 10.0. The van der Waals surface area contributed by atoms with E-state index in [0.717, 1.165) is 6.07 Å². The smallest absolute Gasteiger partial charge is 0.417 e. The van der Waals surface area contributed by atoms with Crippen LogP contribution in [-0.4, -0.2) is 13.1 Å². The molecule has 0 N–H and O–H groups in total. The summed E-state index contributed by atoms with van der Waals surface area (Å²) in [5.41, 5.74) is -0.422. The molecular weight excluding hydrogens is 221 g/mol. The molecule has 0 spiro atoms. The molecule has 0 aliphatic heterocycles. The fourth-order valence-electron chi connectivity index (χ4n) is 1.39. The van der Waals surface area contributed by atoms with Crippen molar-refractivity contribution in [3.63, 3.8) is 0 Å². The van der Waals surface area contributed by atoms with Crippen molar-refractivity contribution < 1.29 is 22.7 Å². The number of hydrogen-bond acceptors (Lipinski definition) is 2. The summed E-state index contributed by atoms with van der Waals surface area (Å²) >= 11 is 0. The Kier molecular flexibility index (Phi) is 4.34. The Balaban J connectivity index is 2.68. The molecule has 0 atom stereocenters. The van der Waals surface area contributed by atoms with Crippen LogP contribution < -0.4 is 0 Å². The van der Waals surface area contributed by atoms with E-state index in [1.165, 1.54) is 18.6 Å². The zero-order valence-electron chi connectivity index (χ0n) is 8.38. The van der Waals surface area contributed by atoms with E-state index in [2.05, 4.69) is 4.74 Å². The third-order valence-electron chi connectivity index (χ3n) is 2.07. The summed E-state index contributed by atoms with van der Waals surface area (Å²) in [6.45, 7) is 1.31. The first-order valence-corrected chi connectivity index (χ1v) is 4.69. The largest absolute Gasteiger partial charge is 0.457 e. The number of ether oxygens (including phenoxy) is 1. The molecule has 1 aromatic carbocycles. The molecule has 0 amide bonds. The Morgan fingerprint density at radius 3 is 2.56 bits per heavy atom. The van der Waals surface area contributed by atoms with Crippen molar-refractivity contribution >= 4 is 6.47 Å². The molecule has 0 heterocycles. The van der Waals surface area contributed by atoms with Crippen LogP contribution in [0, 0.1) is 0 Å². The average molecular weight is 231 g/mol. The normalized spacial score (nSPS) is 11.2. The molecule has 0 bridgehead atoms. The Labute approximate surface area is 91.0 Å². The van der Waals surface area contributed by atoms with Gasteiger partial charge in [-0.05, 0) is 24.5 Å². The summed E-state index contributed by atoms with van der Waals surface area (Å²) in [6, 6.07) is 5.37. The molecule has 0 unspecified atom stereocenters. The van der Waals surface area contributed by atoms with Gasteiger partial charge in [0, 0.05) is 0 Å². The monoisotopic (exact) mass is 231 g/mol. The number of benzene rings is 1. The van der Waals surface area contributed by atoms with Crippen LogP contribution in [0.3, 0.4) is 0 Å². The summed E-state index contributed by atoms with van der Waals surface area (Å²) in [5.74, 6) is 0. The molecule has 1 radical (unpaired) electrons. The zero-order chi connectivity index (χ0) is 12.0. The van der Waals surface area contributed by atoms with Crippen molar-refractivity contribution in [2.24, 2.45) is 0 Å². The van der Waals surface area contributed by atoms with Gasteiger partial charge >= 0.3 is 12.6 Å². The lowest BCUT2D eigenvalue weighted by Crippen LogP contribution is -2.09. The van der Waals surface area contributed by atoms with Crippen molar-refractivity contribution in [1.82, 2.24) is 0 Å². The summed E-state index contributed by atoms with van der Waals surface area (Å²) in [7, 11) is 0. The van der Waals surface area contributed by atoms with E-state index in [1.807, 2.05) is 0 Å². The molecular formula is C11H10F3O2. The summed E-state index contributed by atoms with van der Waals surface area (Å²) in [4.78, 5) is 9.72. The second-order valence-corrected chi connectivity index (χ2v) is 3.19. The van der Waals surface area contributed by atoms with Gasteiger partial charge in [0.05, 0.1) is 12.2 Å². The third kappa shape index (κ3) is 3.56. The topological polar surface area (TPSA) is 26.3 Å². The minimum atomic E-state index is -4.34. The fraction of sp³-hybridized carbons (Fsp3) is 0.364. The maximum atomic E-state index is 12.5. The van der Waals surface area contributed by atoms with Crippen molar-refractivity contribution in [2.75, 3.05) is 6.61 Å². The van der Waals surface area contributed by atoms with Gasteiger partial charge in [-0.1, -0.05) is 18.2 Å². The quantitative estimate of drug-likeness (QED) is 0.728. The van der Waals surface area contributed by atoms with Crippen LogP contribution in [0.1, 0.15) is 17.5 Å². The van der Waals surface area contributed by atoms with Crippen LogP contribution in [0.2, 0.25) is 0 Å². The van der Waals surface area contributed by atoms with E-state index >= 15 is 0 Å². The Morgan fingerprint density at radius 1 is 1.25 bits per heavy atom. The summed E-state index contributed by atoms with van der Waals surface area (Å²) in [5, 5.41) is 0. The molecule has 0 fully saturated rings. The maximum absolute atomic E-state index is 12.5. The summed E-state index contributed by atoms with van der Waals surface area (Å²) in [6.07, 6.45) is -3.77. The van der Waals surface area contributed by atoms with Crippen LogP contribution in [0.25, 0.3) is 0 Å². The van der Waals surface area contributed by atoms with Gasteiger partial charge in [0.25, 0.3) is 0 Å². The molecule has 0 aromatic heterocycles. The van der Waals surface area contributed by atoms with Crippen molar-refractivity contribution in [2.45, 2.75) is 19.0 Å². The molecule has 0 aliphatic carbocycles. The van der Waals surface area contributed by atoms with Crippen LogP contribution in [-0.2, 0) is 22.1 Å². The predicted molar refractivity (Wildman–Crippen MR) is 51.4 cm³/mol. The second kappa shape index (κ2) is 5.53. The minimum Gasteiger partial charge on any atom is -0.457 e. The van der Waals surface area contributed by atoms with Crippen molar-refractivity contribution in [3.05, 3.63) is 35.4 Å². The van der Waals surface area contributed by atoms with E-state index in [-0.39, 0.29) is 18.6 Å². The van der Waals surface area contributed by atoms with Gasteiger partial charge in [-0.25, -0.2) is 4.79 Å². The van der Waals surface area contributed by atoms with Crippen LogP contribution >= 0.6 is 0 Å². The number of carbonyl (C=O) groups excluding carboxylic acids is 1. The first kappa shape index (κ1) is 12.5. The number of halogens is 3. The maximum Gasteiger partial charge on any atom is 0.417 e. The van der Waals surface area contributed by atoms with E-state index in [0.29, 0.717) is 6.42 Å². The standard InChI is InChI=1S/C11H10F3O2/c12-11(13,14)10-6-2-1-4-9(10)5-3-7-16-8-15/h1-2,4,6H,3,5,7H2. The Hall–Kier alpha value is -1.52. The van der Waals surface area contributed by atoms with E-state index in [4.69, 9.17) is 0 Å². The van der Waals surface area contributed by atoms with E-state index in [9.17, 15) is 18.0 Å². The molecule has 0 saturated carbocycles. The molecule has 16 heavy (non-hydrogen) atoms. The number of hydrogen-bond donors (Lipinski definition) is 0. The van der Waals surface area contributed by atoms with Crippen molar-refractivity contribution in [3.8, 4) is 0 Å². The third-order valence-corrected chi connectivity index (χ3v) is 2.07. The molecule has 1 rings (SSSR count). The first-order valence-electron chi connectivity index (χ1n) is 4.69. The molecule has 0 aliphatic rings. The highest BCUT2D eigenvalue weighted by molar-refractivity contribution is 5.38. The van der Waals surface area contributed by atoms with Gasteiger partial charge in [0.1, 0.15) is 0 Å². The Bertz CT molecular complexity index is 347.